The molecule has 0 unspecified atom stereocenters. The lowest BCUT2D eigenvalue weighted by Gasteiger charge is -2.11. The largest absolute Gasteiger partial charge is 0.493 e. The zero-order valence-corrected chi connectivity index (χ0v) is 14.4. The van der Waals surface area contributed by atoms with E-state index in [4.69, 9.17) is 20.2 Å². The highest BCUT2D eigenvalue weighted by molar-refractivity contribution is 5.80. The molecular weight excluding hydrogens is 302 g/mol. The lowest BCUT2D eigenvalue weighted by Crippen LogP contribution is -2.11. The zero-order valence-electron chi connectivity index (χ0n) is 14.4. The molecule has 0 fully saturated rings. The number of imidazole rings is 1. The number of aromatic nitrogens is 2. The van der Waals surface area contributed by atoms with Gasteiger partial charge in [-0.1, -0.05) is 29.8 Å². The third-order valence-corrected chi connectivity index (χ3v) is 4.16. The Bertz CT molecular complexity index is 838. The second kappa shape index (κ2) is 6.93. The Hall–Kier alpha value is -2.53. The summed E-state index contributed by atoms with van der Waals surface area (Å²) in [6, 6.07) is 12.4. The smallest absolute Gasteiger partial charge is 0.163 e. The number of rotatable bonds is 6. The van der Waals surface area contributed by atoms with Gasteiger partial charge in [-0.15, -0.1) is 0 Å². The number of hydrogen-bond acceptors (Lipinski definition) is 4. The third kappa shape index (κ3) is 3.08. The molecule has 0 radical (unpaired) electrons. The minimum Gasteiger partial charge on any atom is -0.493 e. The number of nitrogens with zero attached hydrogens (tertiary/aromatic N) is 2. The molecule has 2 N–H and O–H groups in total. The van der Waals surface area contributed by atoms with E-state index in [1.807, 2.05) is 12.1 Å². The molecule has 0 aliphatic heterocycles. The second-order valence-electron chi connectivity index (χ2n) is 5.83. The van der Waals surface area contributed by atoms with Crippen LogP contribution >= 0.6 is 0 Å². The summed E-state index contributed by atoms with van der Waals surface area (Å²) in [7, 11) is 3.28. The fourth-order valence-corrected chi connectivity index (χ4v) is 2.87. The van der Waals surface area contributed by atoms with E-state index in [-0.39, 0.29) is 0 Å². The maximum absolute atomic E-state index is 5.77. The van der Waals surface area contributed by atoms with E-state index in [0.29, 0.717) is 18.0 Å². The highest BCUT2D eigenvalue weighted by Gasteiger charge is 2.15. The Morgan fingerprint density at radius 1 is 1.04 bits per heavy atom. The Morgan fingerprint density at radius 3 is 2.33 bits per heavy atom. The van der Waals surface area contributed by atoms with Gasteiger partial charge in [0.1, 0.15) is 5.82 Å². The second-order valence-corrected chi connectivity index (χ2v) is 5.83. The molecule has 0 aliphatic rings. The predicted octanol–water partition coefficient (Wildman–Crippen LogP) is 2.91. The van der Waals surface area contributed by atoms with Crippen molar-refractivity contribution in [3.8, 4) is 11.5 Å². The molecule has 5 heteroatoms. The maximum Gasteiger partial charge on any atom is 0.163 e. The normalized spacial score (nSPS) is 11.0. The number of hydrogen-bond donors (Lipinski definition) is 1. The van der Waals surface area contributed by atoms with Crippen LogP contribution in [-0.4, -0.2) is 30.3 Å². The fraction of sp³-hybridized carbons (Fsp3) is 0.316. The Morgan fingerprint density at radius 2 is 1.71 bits per heavy atom. The molecule has 0 aliphatic carbocycles. The molecule has 3 rings (SSSR count). The molecule has 2 aromatic carbocycles. The molecule has 0 bridgehead atoms. The van der Waals surface area contributed by atoms with Gasteiger partial charge in [0.25, 0.3) is 0 Å². The van der Waals surface area contributed by atoms with E-state index in [1.165, 1.54) is 11.1 Å². The van der Waals surface area contributed by atoms with Crippen LogP contribution in [0.15, 0.2) is 36.4 Å². The van der Waals surface area contributed by atoms with E-state index in [2.05, 4.69) is 35.8 Å². The van der Waals surface area contributed by atoms with Gasteiger partial charge in [-0.3, -0.25) is 0 Å². The van der Waals surface area contributed by atoms with Crippen molar-refractivity contribution in [3.63, 3.8) is 0 Å². The first-order chi connectivity index (χ1) is 11.7. The van der Waals surface area contributed by atoms with Gasteiger partial charge in [-0.25, -0.2) is 4.98 Å². The van der Waals surface area contributed by atoms with Crippen LogP contribution < -0.4 is 15.2 Å². The molecule has 126 valence electrons. The van der Waals surface area contributed by atoms with Crippen LogP contribution in [0.1, 0.15) is 17.0 Å². The number of ether oxygens (including phenoxy) is 2. The predicted molar refractivity (Wildman–Crippen MR) is 95.9 cm³/mol. The summed E-state index contributed by atoms with van der Waals surface area (Å²) in [6.45, 7) is 3.40. The molecule has 0 saturated heterocycles. The Balaban J connectivity index is 2.11. The van der Waals surface area contributed by atoms with Gasteiger partial charge in [0.2, 0.25) is 0 Å². The standard InChI is InChI=1S/C19H23N3O2/c1-13-4-6-14(7-5-13)12-22-16-11-18(24-3)17(23-2)10-15(16)21-19(22)8-9-20/h4-7,10-11H,8-9,12,20H2,1-3H3. The average molecular weight is 325 g/mol. The Kier molecular flexibility index (Phi) is 4.71. The van der Waals surface area contributed by atoms with Gasteiger partial charge in [0, 0.05) is 25.1 Å². The number of nitrogens with two attached hydrogens (primary N) is 1. The van der Waals surface area contributed by atoms with Crippen LogP contribution in [0.25, 0.3) is 11.0 Å². The van der Waals surface area contributed by atoms with Crippen molar-refractivity contribution in [3.05, 3.63) is 53.3 Å². The van der Waals surface area contributed by atoms with E-state index in [0.717, 1.165) is 29.8 Å². The minimum absolute atomic E-state index is 0.561. The summed E-state index contributed by atoms with van der Waals surface area (Å²) < 4.78 is 13.0. The van der Waals surface area contributed by atoms with Crippen molar-refractivity contribution in [1.82, 2.24) is 9.55 Å². The highest BCUT2D eigenvalue weighted by Crippen LogP contribution is 2.32. The minimum atomic E-state index is 0.561. The van der Waals surface area contributed by atoms with Crippen molar-refractivity contribution < 1.29 is 9.47 Å². The SMILES string of the molecule is COc1cc2nc(CCN)n(Cc3ccc(C)cc3)c2cc1OC. The molecule has 0 atom stereocenters. The average Bonchev–Trinajstić information content (AvgIpc) is 2.92. The summed E-state index contributed by atoms with van der Waals surface area (Å²) in [5, 5.41) is 0. The summed E-state index contributed by atoms with van der Waals surface area (Å²) in [5.74, 6) is 2.36. The Labute approximate surface area is 142 Å². The molecule has 1 heterocycles. The molecular formula is C19H23N3O2. The van der Waals surface area contributed by atoms with E-state index >= 15 is 0 Å². The van der Waals surface area contributed by atoms with Crippen molar-refractivity contribution in [2.45, 2.75) is 19.9 Å². The lowest BCUT2D eigenvalue weighted by molar-refractivity contribution is 0.355. The fourth-order valence-electron chi connectivity index (χ4n) is 2.87. The molecule has 0 saturated carbocycles. The summed E-state index contributed by atoms with van der Waals surface area (Å²) in [4.78, 5) is 4.75. The number of aryl methyl sites for hydroxylation is 1. The van der Waals surface area contributed by atoms with Gasteiger partial charge in [0.05, 0.1) is 25.3 Å². The van der Waals surface area contributed by atoms with Gasteiger partial charge < -0.3 is 19.8 Å². The van der Waals surface area contributed by atoms with Gasteiger partial charge >= 0.3 is 0 Å². The van der Waals surface area contributed by atoms with Gasteiger partial charge in [-0.05, 0) is 19.0 Å². The van der Waals surface area contributed by atoms with Crippen LogP contribution in [-0.2, 0) is 13.0 Å². The quantitative estimate of drug-likeness (QED) is 0.757. The van der Waals surface area contributed by atoms with E-state index < -0.39 is 0 Å². The summed E-state index contributed by atoms with van der Waals surface area (Å²) in [5.41, 5.74) is 10.2. The molecule has 3 aromatic rings. The number of benzene rings is 2. The summed E-state index contributed by atoms with van der Waals surface area (Å²) >= 11 is 0. The van der Waals surface area contributed by atoms with Crippen molar-refractivity contribution >= 4 is 11.0 Å². The first kappa shape index (κ1) is 16.3. The third-order valence-electron chi connectivity index (χ3n) is 4.16. The van der Waals surface area contributed by atoms with Crippen LogP contribution in [0.3, 0.4) is 0 Å². The number of methoxy groups -OCH3 is 2. The van der Waals surface area contributed by atoms with Crippen LogP contribution in [0, 0.1) is 6.92 Å². The topological polar surface area (TPSA) is 62.3 Å². The molecule has 0 amide bonds. The van der Waals surface area contributed by atoms with Crippen molar-refractivity contribution in [2.24, 2.45) is 5.73 Å². The maximum atomic E-state index is 5.77. The zero-order chi connectivity index (χ0) is 17.1. The first-order valence-corrected chi connectivity index (χ1v) is 8.03. The molecule has 24 heavy (non-hydrogen) atoms. The van der Waals surface area contributed by atoms with Gasteiger partial charge in [-0.2, -0.15) is 0 Å². The summed E-state index contributed by atoms with van der Waals surface area (Å²) in [6.07, 6.45) is 0.727. The van der Waals surface area contributed by atoms with Crippen LogP contribution in [0.4, 0.5) is 0 Å². The highest BCUT2D eigenvalue weighted by atomic mass is 16.5. The van der Waals surface area contributed by atoms with E-state index in [1.54, 1.807) is 14.2 Å². The van der Waals surface area contributed by atoms with E-state index in [9.17, 15) is 0 Å². The van der Waals surface area contributed by atoms with Crippen molar-refractivity contribution in [2.75, 3.05) is 20.8 Å². The van der Waals surface area contributed by atoms with Crippen LogP contribution in [0.5, 0.6) is 11.5 Å². The number of fused-ring (bicyclic) bond motifs is 1. The molecule has 1 aromatic heterocycles. The van der Waals surface area contributed by atoms with Crippen LogP contribution in [0.2, 0.25) is 0 Å². The molecule has 0 spiro atoms. The molecule has 5 nitrogen and oxygen atoms in total. The first-order valence-electron chi connectivity index (χ1n) is 8.03. The van der Waals surface area contributed by atoms with Crippen molar-refractivity contribution in [1.29, 1.82) is 0 Å². The van der Waals surface area contributed by atoms with Gasteiger partial charge in [0.15, 0.2) is 11.5 Å². The lowest BCUT2D eigenvalue weighted by atomic mass is 10.1. The monoisotopic (exact) mass is 325 g/mol.